The van der Waals surface area contributed by atoms with Gasteiger partial charge in [0.1, 0.15) is 16.1 Å². The van der Waals surface area contributed by atoms with Crippen molar-refractivity contribution in [3.05, 3.63) is 27.3 Å². The minimum absolute atomic E-state index is 0.179. The van der Waals surface area contributed by atoms with E-state index in [0.717, 1.165) is 6.92 Å². The molecule has 0 bridgehead atoms. The van der Waals surface area contributed by atoms with E-state index in [4.69, 9.17) is 24.7 Å². The Morgan fingerprint density at radius 2 is 2.44 bits per heavy atom. The van der Waals surface area contributed by atoms with Gasteiger partial charge in [-0.05, 0) is 69.7 Å². The van der Waals surface area contributed by atoms with Crippen LogP contribution in [-0.4, -0.2) is 46.5 Å². The number of nitrogens with one attached hydrogen (secondary N) is 1. The van der Waals surface area contributed by atoms with Crippen molar-refractivity contribution in [1.29, 1.82) is 0 Å². The number of hydrogen-bond donors (Lipinski definition) is 2. The number of thiophene rings is 1. The number of piperidine rings is 1. The van der Waals surface area contributed by atoms with Crippen LogP contribution in [0.15, 0.2) is 16.2 Å². The van der Waals surface area contributed by atoms with Crippen molar-refractivity contribution in [2.24, 2.45) is 5.89 Å². The summed E-state index contributed by atoms with van der Waals surface area (Å²) in [5, 5.41) is 9.30. The summed E-state index contributed by atoms with van der Waals surface area (Å²) < 4.78 is 147. The monoisotopic (exact) mass is 409 g/mol. The number of aromatic hydroxyl groups is 1. The number of aromatic nitrogens is 1. The van der Waals surface area contributed by atoms with Crippen molar-refractivity contribution in [2.45, 2.75) is 45.9 Å². The maximum atomic E-state index is 13.5. The predicted molar refractivity (Wildman–Crippen MR) is 110 cm³/mol. The first-order valence-corrected chi connectivity index (χ1v) is 8.53. The minimum atomic E-state index is -3.55. The molecule has 3 rings (SSSR count). The molecule has 0 aromatic carbocycles. The van der Waals surface area contributed by atoms with Gasteiger partial charge in [0, 0.05) is 31.7 Å². The van der Waals surface area contributed by atoms with Gasteiger partial charge in [-0.3, -0.25) is 14.2 Å². The summed E-state index contributed by atoms with van der Waals surface area (Å²) in [7, 11) is 0. The highest BCUT2D eigenvalue weighted by molar-refractivity contribution is 7.16. The average Bonchev–Trinajstić information content (AvgIpc) is 3.14. The number of hydrogen-bond acceptors (Lipinski definition) is 5. The highest BCUT2D eigenvalue weighted by Crippen LogP contribution is 2.31. The Bertz CT molecular complexity index is 1550. The molecule has 148 valence electrons. The van der Waals surface area contributed by atoms with Gasteiger partial charge >= 0.3 is 0 Å². The fourth-order valence-electron chi connectivity index (χ4n) is 2.27. The Morgan fingerprint density at radius 1 is 1.70 bits per heavy atom. The lowest BCUT2D eigenvalue weighted by Gasteiger charge is -2.30. The topological polar surface area (TPSA) is 74.6 Å². The van der Waals surface area contributed by atoms with Crippen LogP contribution in [0, 0.1) is 5.89 Å². The van der Waals surface area contributed by atoms with Crippen LogP contribution in [0.2, 0.25) is 1.41 Å². The van der Waals surface area contributed by atoms with Gasteiger partial charge in [0.2, 0.25) is 0 Å². The minimum Gasteiger partial charge on any atom is -0.506 e. The number of pyridine rings is 1. The van der Waals surface area contributed by atoms with Gasteiger partial charge < -0.3 is 15.3 Å². The van der Waals surface area contributed by atoms with Crippen molar-refractivity contribution in [3.63, 3.8) is 0 Å². The summed E-state index contributed by atoms with van der Waals surface area (Å²) in [6.07, 6.45) is -8.10. The molecule has 3 heterocycles. The van der Waals surface area contributed by atoms with Gasteiger partial charge in [-0.15, -0.1) is 11.3 Å². The molecule has 0 radical (unpaired) electrons. The van der Waals surface area contributed by atoms with E-state index in [0.29, 0.717) is 18.3 Å². The van der Waals surface area contributed by atoms with Gasteiger partial charge in [0.05, 0.1) is 9.50 Å². The highest BCUT2D eigenvalue weighted by atomic mass is 32.1. The third kappa shape index (κ3) is 4.19. The maximum absolute atomic E-state index is 13.5. The van der Waals surface area contributed by atoms with Crippen LogP contribution in [0.25, 0.3) is 10.2 Å². The molecule has 0 aliphatic carbocycles. The number of carbonyl (C=O) groups excluding carboxylic acids is 1. The molecule has 27 heavy (non-hydrogen) atoms. The zero-order valence-corrected chi connectivity index (χ0v) is 15.2. The van der Waals surface area contributed by atoms with E-state index in [-0.39, 0.29) is 14.8 Å². The smallest absolute Gasteiger partial charge is 0.268 e. The molecule has 3 unspecified atom stereocenters. The number of amides is 1. The Morgan fingerprint density at radius 3 is 3.15 bits per heavy atom. The lowest BCUT2D eigenvalue weighted by Crippen LogP contribution is -2.37. The first-order valence-electron chi connectivity index (χ1n) is 16.8. The fraction of sp³-hybridized carbons (Fsp3) is 0.600. The van der Waals surface area contributed by atoms with Gasteiger partial charge in [-0.25, -0.2) is 0 Å². The molecule has 7 heteroatoms. The predicted octanol–water partition coefficient (Wildman–Crippen LogP) is 3.20. The van der Waals surface area contributed by atoms with Crippen LogP contribution < -0.4 is 10.9 Å². The summed E-state index contributed by atoms with van der Waals surface area (Å²) in [5.41, 5.74) is -3.00. The second kappa shape index (κ2) is 8.44. The van der Waals surface area contributed by atoms with E-state index in [9.17, 15) is 14.7 Å². The second-order valence-electron chi connectivity index (χ2n) is 5.46. The van der Waals surface area contributed by atoms with Crippen LogP contribution in [0.4, 0.5) is 0 Å². The highest BCUT2D eigenvalue weighted by Gasteiger charge is 2.23. The summed E-state index contributed by atoms with van der Waals surface area (Å²) in [5.74, 6) is -6.10. The van der Waals surface area contributed by atoms with Crippen molar-refractivity contribution in [1.82, 2.24) is 14.8 Å². The Labute approximate surface area is 189 Å². The molecular weight excluding hydrogens is 362 g/mol. The molecule has 2 N–H and O–H groups in total. The number of likely N-dealkylation sites (tertiary alicyclic amines) is 1. The standard InChI is InChI=1S/C20H29N3O3S/c1-13(2)23-19(26)16(17(24)15-7-12-27-20(15)23)18(25)21-8-4-9-22-10-5-14(3)6-11-22/h7,12-14,24H,4-6,8-11H2,1-3H3,(H,21,25)/i1D3,5D2,6D2,7D,8D,9D,10D2,11D2,12D,13D,14D/hD. The number of nitrogens with zero attached hydrogens (tertiary/aromatic N) is 2. The van der Waals surface area contributed by atoms with Crippen LogP contribution in [0.5, 0.6) is 5.75 Å². The third-order valence-electron chi connectivity index (χ3n) is 3.51. The molecule has 1 aliphatic heterocycles. The Hall–Kier alpha value is -1.86. The van der Waals surface area contributed by atoms with Crippen LogP contribution >= 0.6 is 11.3 Å². The van der Waals surface area contributed by atoms with E-state index in [1.54, 1.807) is 0 Å². The van der Waals surface area contributed by atoms with Gasteiger partial charge in [0.25, 0.3) is 11.5 Å². The largest absolute Gasteiger partial charge is 0.506 e. The van der Waals surface area contributed by atoms with Crippen LogP contribution in [0.1, 0.15) is 79.5 Å². The second-order valence-corrected chi connectivity index (χ2v) is 6.26. The summed E-state index contributed by atoms with van der Waals surface area (Å²) in [6, 6.07) is -3.59. The first-order chi connectivity index (χ1) is 19.9. The van der Waals surface area contributed by atoms with Crippen molar-refractivity contribution in [2.75, 3.05) is 26.0 Å². The van der Waals surface area contributed by atoms with E-state index in [2.05, 4.69) is 0 Å². The first kappa shape index (κ1) is 7.19. The van der Waals surface area contributed by atoms with E-state index >= 15 is 0 Å². The summed E-state index contributed by atoms with van der Waals surface area (Å²) in [6.45, 7) is -13.6. The van der Waals surface area contributed by atoms with Crippen LogP contribution in [0.3, 0.4) is 0 Å². The average molecular weight is 410 g/mol. The fourth-order valence-corrected chi connectivity index (χ4v) is 3.08. The Balaban J connectivity index is 2.12. The lowest BCUT2D eigenvalue weighted by molar-refractivity contribution is 0.0946. The SMILES string of the molecule is [2H]c1sc2c(c1[2H])c(O)c(C(=O)N([2H])C([2H])CC([2H])N1C([2H])([2H])C([2H])([2H])C([2H])(C)C([2H])([2H])C1([2H])[2H])c(=O)n2C([2H])(C)C([2H])([2H])[2H]. The summed E-state index contributed by atoms with van der Waals surface area (Å²) >= 11 is 0.362. The van der Waals surface area contributed by atoms with Gasteiger partial charge in [0.15, 0.2) is 1.41 Å². The zero-order chi connectivity index (χ0) is 35.4. The normalized spacial score (nSPS) is 39.6. The van der Waals surface area contributed by atoms with E-state index < -0.39 is 108 Å². The molecule has 2 aromatic heterocycles. The quantitative estimate of drug-likeness (QED) is 0.768. The zero-order valence-electron chi connectivity index (χ0n) is 32.4. The number of rotatable bonds is 6. The molecule has 0 saturated carbocycles. The van der Waals surface area contributed by atoms with E-state index in [1.807, 2.05) is 0 Å². The number of fused-ring (bicyclic) bond motifs is 1. The van der Waals surface area contributed by atoms with Crippen LogP contribution in [-0.2, 0) is 0 Å². The molecule has 1 saturated heterocycles. The molecular formula is C20H29N3O3S. The third-order valence-corrected chi connectivity index (χ3v) is 4.29. The lowest BCUT2D eigenvalue weighted by atomic mass is 9.99. The summed E-state index contributed by atoms with van der Waals surface area (Å²) in [4.78, 5) is 26.2. The van der Waals surface area contributed by atoms with Gasteiger partial charge in [-0.2, -0.15) is 0 Å². The molecule has 1 amide bonds. The molecule has 1 fully saturated rings. The molecule has 0 spiro atoms. The molecule has 2 aromatic rings. The molecule has 1 aliphatic rings. The maximum Gasteiger partial charge on any atom is 0.268 e. The van der Waals surface area contributed by atoms with Crippen molar-refractivity contribution >= 4 is 27.5 Å². The van der Waals surface area contributed by atoms with E-state index in [1.165, 1.54) is 0 Å². The Kier molecular flexibility index (Phi) is 2.25. The number of carbonyl (C=O) groups is 1. The van der Waals surface area contributed by atoms with Crippen molar-refractivity contribution < 1.29 is 34.6 Å². The van der Waals surface area contributed by atoms with Crippen molar-refractivity contribution in [3.8, 4) is 5.75 Å². The molecule has 6 nitrogen and oxygen atoms in total. The molecule has 3 atom stereocenters. The van der Waals surface area contributed by atoms with Gasteiger partial charge in [-0.1, -0.05) is 6.92 Å².